The van der Waals surface area contributed by atoms with E-state index in [1.54, 1.807) is 0 Å². The van der Waals surface area contributed by atoms with Crippen LogP contribution in [-0.4, -0.2) is 50.3 Å². The lowest BCUT2D eigenvalue weighted by atomic mass is 9.87. The highest BCUT2D eigenvalue weighted by Crippen LogP contribution is 2.38. The Morgan fingerprint density at radius 3 is 2.92 bits per heavy atom. The number of halogens is 1. The van der Waals surface area contributed by atoms with Crippen molar-refractivity contribution in [2.75, 3.05) is 39.4 Å². The van der Waals surface area contributed by atoms with Gasteiger partial charge in [0.1, 0.15) is 0 Å². The Kier molecular flexibility index (Phi) is 6.96. The van der Waals surface area contributed by atoms with E-state index >= 15 is 0 Å². The summed E-state index contributed by atoms with van der Waals surface area (Å²) in [5, 5.41) is 5.64. The number of hydrogen-bond acceptors (Lipinski definition) is 3. The highest BCUT2D eigenvalue weighted by atomic mass is 127. The molecule has 0 radical (unpaired) electrons. The number of nitrogens with one attached hydrogen (secondary N) is 1. The standard InChI is InChI=1S/C18H29N3OS.HI/c1-4-19-16(20-12-17(2,3)15-6-5-11-23-15)21-9-7-18(13-21)8-10-22-14-18;/h5-6,11H,4,7-10,12-14H2,1-3H3,(H,19,20);1H. The first kappa shape index (κ1) is 20.0. The molecule has 0 amide bonds. The number of guanidine groups is 1. The molecule has 0 saturated carbocycles. The van der Waals surface area contributed by atoms with Gasteiger partial charge in [0.05, 0.1) is 13.2 Å². The lowest BCUT2D eigenvalue weighted by Crippen LogP contribution is -2.42. The van der Waals surface area contributed by atoms with Crippen molar-refractivity contribution in [3.8, 4) is 0 Å². The molecule has 1 aromatic heterocycles. The van der Waals surface area contributed by atoms with Crippen molar-refractivity contribution < 1.29 is 4.74 Å². The summed E-state index contributed by atoms with van der Waals surface area (Å²) in [4.78, 5) is 8.81. The minimum absolute atomic E-state index is 0. The van der Waals surface area contributed by atoms with Crippen LogP contribution in [0.25, 0.3) is 0 Å². The van der Waals surface area contributed by atoms with Crippen molar-refractivity contribution in [2.24, 2.45) is 10.4 Å². The SMILES string of the molecule is CCNC(=NCC(C)(C)c1cccs1)N1CCC2(CCOC2)C1.I. The average Bonchev–Trinajstić information content (AvgIpc) is 3.27. The molecule has 2 aliphatic rings. The maximum absolute atomic E-state index is 5.65. The first-order chi connectivity index (χ1) is 11.0. The van der Waals surface area contributed by atoms with Crippen molar-refractivity contribution in [1.82, 2.24) is 10.2 Å². The average molecular weight is 463 g/mol. The van der Waals surface area contributed by atoms with Gasteiger partial charge < -0.3 is 15.0 Å². The number of nitrogens with zero attached hydrogens (tertiary/aromatic N) is 2. The van der Waals surface area contributed by atoms with Gasteiger partial charge in [-0.15, -0.1) is 35.3 Å². The molecule has 0 bridgehead atoms. The summed E-state index contributed by atoms with van der Waals surface area (Å²) in [6.45, 7) is 12.5. The van der Waals surface area contributed by atoms with Gasteiger partial charge in [-0.2, -0.15) is 0 Å². The van der Waals surface area contributed by atoms with Gasteiger partial charge in [0, 0.05) is 41.9 Å². The molecule has 2 saturated heterocycles. The molecule has 0 aromatic carbocycles. The first-order valence-corrected chi connectivity index (χ1v) is 9.58. The predicted octanol–water partition coefficient (Wildman–Crippen LogP) is 3.72. The number of hydrogen-bond donors (Lipinski definition) is 1. The topological polar surface area (TPSA) is 36.9 Å². The lowest BCUT2D eigenvalue weighted by Gasteiger charge is -2.27. The van der Waals surface area contributed by atoms with Crippen molar-refractivity contribution in [3.05, 3.63) is 22.4 Å². The van der Waals surface area contributed by atoms with Gasteiger partial charge in [-0.25, -0.2) is 0 Å². The number of ether oxygens (including phenoxy) is 1. The molecule has 24 heavy (non-hydrogen) atoms. The van der Waals surface area contributed by atoms with E-state index < -0.39 is 0 Å². The van der Waals surface area contributed by atoms with Crippen LogP contribution in [0.4, 0.5) is 0 Å². The third-order valence-electron chi connectivity index (χ3n) is 5.07. The number of aliphatic imine (C=N–C) groups is 1. The number of likely N-dealkylation sites (tertiary alicyclic amines) is 1. The van der Waals surface area contributed by atoms with Crippen LogP contribution in [0.3, 0.4) is 0 Å². The first-order valence-electron chi connectivity index (χ1n) is 8.70. The van der Waals surface area contributed by atoms with Crippen LogP contribution in [0, 0.1) is 5.41 Å². The van der Waals surface area contributed by atoms with E-state index in [-0.39, 0.29) is 29.4 Å². The van der Waals surface area contributed by atoms with Gasteiger partial charge in [0.15, 0.2) is 5.96 Å². The highest BCUT2D eigenvalue weighted by molar-refractivity contribution is 14.0. The summed E-state index contributed by atoms with van der Waals surface area (Å²) in [5.41, 5.74) is 0.460. The van der Waals surface area contributed by atoms with Crippen molar-refractivity contribution in [3.63, 3.8) is 0 Å². The molecular formula is C18H30IN3OS. The number of thiophene rings is 1. The summed E-state index contributed by atoms with van der Waals surface area (Å²) in [6.07, 6.45) is 2.43. The van der Waals surface area contributed by atoms with Gasteiger partial charge in [0.2, 0.25) is 0 Å². The van der Waals surface area contributed by atoms with Crippen LogP contribution in [-0.2, 0) is 10.2 Å². The summed E-state index contributed by atoms with van der Waals surface area (Å²) >= 11 is 1.82. The fourth-order valence-corrected chi connectivity index (χ4v) is 4.37. The van der Waals surface area contributed by atoms with Crippen molar-refractivity contribution in [2.45, 2.75) is 39.0 Å². The molecule has 2 fully saturated rings. The minimum atomic E-state index is 0. The second-order valence-corrected chi connectivity index (χ2v) is 8.45. The quantitative estimate of drug-likeness (QED) is 0.420. The summed E-state index contributed by atoms with van der Waals surface area (Å²) in [6, 6.07) is 4.34. The zero-order chi connectivity index (χ0) is 16.3. The Morgan fingerprint density at radius 2 is 2.29 bits per heavy atom. The number of rotatable bonds is 4. The molecular weight excluding hydrogens is 433 g/mol. The van der Waals surface area contributed by atoms with Gasteiger partial charge in [0.25, 0.3) is 0 Å². The zero-order valence-corrected chi connectivity index (χ0v) is 18.2. The van der Waals surface area contributed by atoms with Gasteiger partial charge in [-0.1, -0.05) is 19.9 Å². The summed E-state index contributed by atoms with van der Waals surface area (Å²) in [5.74, 6) is 1.07. The Hall–Kier alpha value is -0.340. The third-order valence-corrected chi connectivity index (χ3v) is 6.31. The van der Waals surface area contributed by atoms with E-state index in [1.165, 1.54) is 17.7 Å². The van der Waals surface area contributed by atoms with E-state index in [0.29, 0.717) is 5.41 Å². The zero-order valence-electron chi connectivity index (χ0n) is 15.0. The van der Waals surface area contributed by atoms with Crippen LogP contribution >= 0.6 is 35.3 Å². The molecule has 136 valence electrons. The fraction of sp³-hybridized carbons (Fsp3) is 0.722. The van der Waals surface area contributed by atoms with Gasteiger partial charge in [-0.05, 0) is 31.2 Å². The van der Waals surface area contributed by atoms with Crippen LogP contribution in [0.2, 0.25) is 0 Å². The Balaban J connectivity index is 0.00000208. The summed E-state index contributed by atoms with van der Waals surface area (Å²) < 4.78 is 5.65. The van der Waals surface area contributed by atoms with Crippen LogP contribution in [0.5, 0.6) is 0 Å². The fourth-order valence-electron chi connectivity index (χ4n) is 3.53. The Labute approximate surface area is 167 Å². The Morgan fingerprint density at radius 1 is 1.46 bits per heavy atom. The predicted molar refractivity (Wildman–Crippen MR) is 113 cm³/mol. The van der Waals surface area contributed by atoms with Crippen LogP contribution < -0.4 is 5.32 Å². The molecule has 2 aliphatic heterocycles. The van der Waals surface area contributed by atoms with Gasteiger partial charge in [-0.3, -0.25) is 4.99 Å². The molecule has 1 aromatic rings. The van der Waals surface area contributed by atoms with Crippen molar-refractivity contribution >= 4 is 41.3 Å². The van der Waals surface area contributed by atoms with E-state index in [0.717, 1.165) is 45.4 Å². The molecule has 1 atom stereocenters. The minimum Gasteiger partial charge on any atom is -0.381 e. The van der Waals surface area contributed by atoms with E-state index in [4.69, 9.17) is 9.73 Å². The van der Waals surface area contributed by atoms with Crippen molar-refractivity contribution in [1.29, 1.82) is 0 Å². The molecule has 1 spiro atoms. The molecule has 6 heteroatoms. The van der Waals surface area contributed by atoms with E-state index in [2.05, 4.69) is 48.5 Å². The summed E-state index contributed by atoms with van der Waals surface area (Å²) in [7, 11) is 0. The molecule has 1 N–H and O–H groups in total. The Bertz CT molecular complexity index is 538. The molecule has 1 unspecified atom stereocenters. The molecule has 3 rings (SSSR count). The maximum Gasteiger partial charge on any atom is 0.193 e. The maximum atomic E-state index is 5.65. The molecule has 3 heterocycles. The smallest absolute Gasteiger partial charge is 0.193 e. The molecule has 0 aliphatic carbocycles. The molecule has 4 nitrogen and oxygen atoms in total. The normalized spacial score (nSPS) is 24.5. The largest absolute Gasteiger partial charge is 0.381 e. The van der Waals surface area contributed by atoms with E-state index in [9.17, 15) is 0 Å². The highest BCUT2D eigenvalue weighted by Gasteiger charge is 2.42. The van der Waals surface area contributed by atoms with Crippen LogP contribution in [0.15, 0.2) is 22.5 Å². The van der Waals surface area contributed by atoms with Gasteiger partial charge >= 0.3 is 0 Å². The monoisotopic (exact) mass is 463 g/mol. The second kappa shape index (κ2) is 8.36. The third kappa shape index (κ3) is 4.43. The van der Waals surface area contributed by atoms with E-state index in [1.807, 2.05) is 11.3 Å². The second-order valence-electron chi connectivity index (χ2n) is 7.51. The lowest BCUT2D eigenvalue weighted by molar-refractivity contribution is 0.156. The van der Waals surface area contributed by atoms with Crippen LogP contribution in [0.1, 0.15) is 38.5 Å².